The van der Waals surface area contributed by atoms with Crippen molar-refractivity contribution in [3.05, 3.63) is 24.3 Å². The largest absolute Gasteiger partial charge is 0.334 e. The smallest absolute Gasteiger partial charge is 0.279 e. The molecule has 1 aromatic rings. The average molecular weight is 419 g/mol. The van der Waals surface area contributed by atoms with Crippen molar-refractivity contribution < 1.29 is 18.5 Å². The fraction of sp³-hybridized carbons (Fsp3) is 0.682. The predicted molar refractivity (Wildman–Crippen MR) is 111 cm³/mol. The van der Waals surface area contributed by atoms with Gasteiger partial charge in [-0.2, -0.15) is 4.31 Å². The minimum Gasteiger partial charge on any atom is -0.334 e. The molecule has 1 amide bonds. The number of quaternary nitrogens is 1. The second-order valence-corrected chi connectivity index (χ2v) is 11.8. The highest BCUT2D eigenvalue weighted by Gasteiger charge is 2.53. The van der Waals surface area contributed by atoms with Crippen molar-refractivity contribution in [1.82, 2.24) is 4.31 Å². The standard InChI is InChI=1S/C22H31N3O3S/c26-21(15-23-22-12-16-9-17(13-22)11-18(10-16)14-22)24-19-3-5-20(6-4-19)29(27,28)25-7-1-2-8-25/h3-6,16-18,23H,1-2,7-15H2,(H,24,26)/p+1. The van der Waals surface area contributed by atoms with Gasteiger partial charge in [0.05, 0.1) is 10.4 Å². The van der Waals surface area contributed by atoms with Crippen LogP contribution in [-0.2, 0) is 14.8 Å². The Kier molecular flexibility index (Phi) is 4.95. The number of nitrogens with zero attached hydrogens (tertiary/aromatic N) is 1. The van der Waals surface area contributed by atoms with Crippen LogP contribution in [0, 0.1) is 17.8 Å². The van der Waals surface area contributed by atoms with E-state index in [1.165, 1.54) is 38.5 Å². The quantitative estimate of drug-likeness (QED) is 0.741. The van der Waals surface area contributed by atoms with Crippen LogP contribution in [-0.4, -0.2) is 43.8 Å². The van der Waals surface area contributed by atoms with Crippen molar-refractivity contribution in [2.45, 2.75) is 61.8 Å². The number of benzene rings is 1. The molecule has 6 nitrogen and oxygen atoms in total. The molecule has 0 unspecified atom stereocenters. The lowest BCUT2D eigenvalue weighted by atomic mass is 9.53. The molecule has 0 spiro atoms. The second-order valence-electron chi connectivity index (χ2n) is 9.87. The lowest BCUT2D eigenvalue weighted by Crippen LogP contribution is -3.00. The van der Waals surface area contributed by atoms with E-state index in [0.717, 1.165) is 30.6 Å². The topological polar surface area (TPSA) is 83.1 Å². The molecule has 4 saturated carbocycles. The molecule has 1 heterocycles. The van der Waals surface area contributed by atoms with Crippen LogP contribution in [0.25, 0.3) is 0 Å². The van der Waals surface area contributed by atoms with E-state index in [1.54, 1.807) is 28.6 Å². The van der Waals surface area contributed by atoms with Crippen LogP contribution in [0.4, 0.5) is 5.69 Å². The number of hydrogen-bond acceptors (Lipinski definition) is 3. The van der Waals surface area contributed by atoms with E-state index in [9.17, 15) is 13.2 Å². The molecule has 1 aliphatic heterocycles. The first-order chi connectivity index (χ1) is 13.9. The summed E-state index contributed by atoms with van der Waals surface area (Å²) in [5.41, 5.74) is 0.953. The van der Waals surface area contributed by atoms with Crippen LogP contribution in [0.5, 0.6) is 0 Å². The first-order valence-electron chi connectivity index (χ1n) is 11.2. The molecule has 6 rings (SSSR count). The number of nitrogens with two attached hydrogens (primary N) is 1. The molecular weight excluding hydrogens is 386 g/mol. The Morgan fingerprint density at radius 3 is 2.10 bits per heavy atom. The summed E-state index contributed by atoms with van der Waals surface area (Å²) in [5.74, 6) is 2.64. The van der Waals surface area contributed by atoms with Crippen LogP contribution in [0.2, 0.25) is 0 Å². The van der Waals surface area contributed by atoms with Crippen molar-refractivity contribution >= 4 is 21.6 Å². The monoisotopic (exact) mass is 418 g/mol. The number of nitrogens with one attached hydrogen (secondary N) is 1. The number of anilines is 1. The normalized spacial score (nSPS) is 33.9. The molecule has 1 saturated heterocycles. The minimum atomic E-state index is -3.41. The summed E-state index contributed by atoms with van der Waals surface area (Å²) >= 11 is 0. The molecule has 7 heteroatoms. The lowest BCUT2D eigenvalue weighted by molar-refractivity contribution is -0.729. The molecule has 0 atom stereocenters. The van der Waals surface area contributed by atoms with Crippen molar-refractivity contribution in [1.29, 1.82) is 0 Å². The van der Waals surface area contributed by atoms with Gasteiger partial charge in [-0.3, -0.25) is 4.79 Å². The van der Waals surface area contributed by atoms with Gasteiger partial charge in [0, 0.05) is 38.0 Å². The molecular formula is C22H32N3O3S+. The third-order valence-electron chi connectivity index (χ3n) is 7.65. The maximum Gasteiger partial charge on any atom is 0.279 e. The molecule has 158 valence electrons. The fourth-order valence-electron chi connectivity index (χ4n) is 6.74. The first kappa shape index (κ1) is 19.5. The van der Waals surface area contributed by atoms with Gasteiger partial charge < -0.3 is 10.6 Å². The second kappa shape index (κ2) is 7.36. The van der Waals surface area contributed by atoms with Gasteiger partial charge in [0.1, 0.15) is 0 Å². The number of hydrogen-bond donors (Lipinski definition) is 2. The van der Waals surface area contributed by atoms with E-state index in [1.807, 2.05) is 0 Å². The molecule has 29 heavy (non-hydrogen) atoms. The average Bonchev–Trinajstić information content (AvgIpc) is 3.22. The number of amides is 1. The number of carbonyl (C=O) groups is 1. The maximum atomic E-state index is 12.6. The van der Waals surface area contributed by atoms with Gasteiger partial charge in [-0.1, -0.05) is 0 Å². The first-order valence-corrected chi connectivity index (χ1v) is 12.6. The van der Waals surface area contributed by atoms with Crippen LogP contribution >= 0.6 is 0 Å². The third-order valence-corrected chi connectivity index (χ3v) is 9.56. The van der Waals surface area contributed by atoms with Crippen molar-refractivity contribution in [3.63, 3.8) is 0 Å². The Morgan fingerprint density at radius 1 is 1.00 bits per heavy atom. The van der Waals surface area contributed by atoms with Crippen LogP contribution in [0.3, 0.4) is 0 Å². The Labute approximate surface area is 173 Å². The SMILES string of the molecule is O=C(C[NH2+]C12CC3CC(CC(C3)C1)C2)Nc1ccc(S(=O)(=O)N2CCCC2)cc1. The zero-order valence-corrected chi connectivity index (χ0v) is 17.8. The van der Waals surface area contributed by atoms with Gasteiger partial charge >= 0.3 is 0 Å². The lowest BCUT2D eigenvalue weighted by Gasteiger charge is -2.54. The molecule has 0 aromatic heterocycles. The van der Waals surface area contributed by atoms with E-state index in [-0.39, 0.29) is 5.91 Å². The molecule has 5 fully saturated rings. The molecule has 5 aliphatic rings. The minimum absolute atomic E-state index is 0.00380. The van der Waals surface area contributed by atoms with E-state index in [2.05, 4.69) is 10.6 Å². The maximum absolute atomic E-state index is 12.6. The van der Waals surface area contributed by atoms with Gasteiger partial charge in [-0.05, 0) is 74.1 Å². The molecule has 4 bridgehead atoms. The highest BCUT2D eigenvalue weighted by Crippen LogP contribution is 2.54. The van der Waals surface area contributed by atoms with Gasteiger partial charge in [-0.25, -0.2) is 8.42 Å². The number of sulfonamides is 1. The highest BCUT2D eigenvalue weighted by atomic mass is 32.2. The Bertz CT molecular complexity index is 840. The van der Waals surface area contributed by atoms with Gasteiger partial charge in [0.25, 0.3) is 5.91 Å². The Morgan fingerprint density at radius 2 is 1.55 bits per heavy atom. The fourth-order valence-corrected chi connectivity index (χ4v) is 8.25. The van der Waals surface area contributed by atoms with E-state index < -0.39 is 10.0 Å². The summed E-state index contributed by atoms with van der Waals surface area (Å²) in [7, 11) is -3.41. The summed E-state index contributed by atoms with van der Waals surface area (Å²) in [6, 6.07) is 6.61. The summed E-state index contributed by atoms with van der Waals surface area (Å²) in [5, 5.41) is 5.25. The summed E-state index contributed by atoms with van der Waals surface area (Å²) in [4.78, 5) is 12.8. The van der Waals surface area contributed by atoms with Crippen molar-refractivity contribution in [2.24, 2.45) is 17.8 Å². The van der Waals surface area contributed by atoms with Crippen molar-refractivity contribution in [3.8, 4) is 0 Å². The van der Waals surface area contributed by atoms with E-state index in [0.29, 0.717) is 35.8 Å². The zero-order chi connectivity index (χ0) is 20.1. The Balaban J connectivity index is 1.17. The molecule has 4 aliphatic carbocycles. The predicted octanol–water partition coefficient (Wildman–Crippen LogP) is 1.94. The molecule has 0 radical (unpaired) electrons. The van der Waals surface area contributed by atoms with Crippen LogP contribution in [0.15, 0.2) is 29.2 Å². The molecule has 1 aromatic carbocycles. The highest BCUT2D eigenvalue weighted by molar-refractivity contribution is 7.89. The van der Waals surface area contributed by atoms with Gasteiger partial charge in [0.15, 0.2) is 6.54 Å². The van der Waals surface area contributed by atoms with Gasteiger partial charge in [0.2, 0.25) is 10.0 Å². The van der Waals surface area contributed by atoms with E-state index in [4.69, 9.17) is 0 Å². The third kappa shape index (κ3) is 3.84. The number of rotatable bonds is 6. The van der Waals surface area contributed by atoms with E-state index >= 15 is 0 Å². The summed E-state index contributed by atoms with van der Waals surface area (Å²) < 4.78 is 26.8. The summed E-state index contributed by atoms with van der Waals surface area (Å²) in [6.07, 6.45) is 9.89. The van der Waals surface area contributed by atoms with Crippen molar-refractivity contribution in [2.75, 3.05) is 25.0 Å². The number of carbonyl (C=O) groups excluding carboxylic acids is 1. The van der Waals surface area contributed by atoms with Crippen LogP contribution in [0.1, 0.15) is 51.4 Å². The molecule has 3 N–H and O–H groups in total. The zero-order valence-electron chi connectivity index (χ0n) is 17.0. The van der Waals surface area contributed by atoms with Crippen LogP contribution < -0.4 is 10.6 Å². The Hall–Kier alpha value is -1.44. The summed E-state index contributed by atoms with van der Waals surface area (Å²) in [6.45, 7) is 1.64. The van der Waals surface area contributed by atoms with Gasteiger partial charge in [-0.15, -0.1) is 0 Å².